The minimum absolute atomic E-state index is 0.0120. The maximum absolute atomic E-state index is 14.4. The first-order valence-electron chi connectivity index (χ1n) is 8.62. The number of hydrogen-bond acceptors (Lipinski definition) is 5. The minimum atomic E-state index is -1.36. The van der Waals surface area contributed by atoms with Crippen LogP contribution in [0.3, 0.4) is 0 Å². The van der Waals surface area contributed by atoms with E-state index < -0.39 is 29.6 Å². The number of nitrogens with one attached hydrogen (secondary N) is 1. The Morgan fingerprint density at radius 2 is 1.96 bits per heavy atom. The number of aromatic nitrogens is 2. The summed E-state index contributed by atoms with van der Waals surface area (Å²) in [6.07, 6.45) is -1.05. The Kier molecular flexibility index (Phi) is 7.48. The number of nitrogens with zero attached hydrogens (tertiary/aromatic N) is 1. The van der Waals surface area contributed by atoms with E-state index >= 15 is 0 Å². The highest BCUT2D eigenvalue weighted by Crippen LogP contribution is 2.20. The minimum Gasteiger partial charge on any atom is -0.466 e. The third-order valence-electron chi connectivity index (χ3n) is 3.94. The van der Waals surface area contributed by atoms with E-state index in [0.29, 0.717) is 5.56 Å². The summed E-state index contributed by atoms with van der Waals surface area (Å²) in [5.74, 6) is -0.480. The predicted molar refractivity (Wildman–Crippen MR) is 97.1 cm³/mol. The Bertz CT molecular complexity index is 862. The van der Waals surface area contributed by atoms with Gasteiger partial charge in [0, 0.05) is 31.5 Å². The predicted octanol–water partition coefficient (Wildman–Crippen LogP) is 2.24. The van der Waals surface area contributed by atoms with Crippen LogP contribution in [-0.2, 0) is 20.9 Å². The van der Waals surface area contributed by atoms with E-state index in [1.165, 1.54) is 17.7 Å². The zero-order valence-corrected chi connectivity index (χ0v) is 15.3. The van der Waals surface area contributed by atoms with Crippen molar-refractivity contribution in [2.24, 2.45) is 0 Å². The zero-order valence-electron chi connectivity index (χ0n) is 15.3. The van der Waals surface area contributed by atoms with Gasteiger partial charge in [0.05, 0.1) is 13.2 Å². The molecule has 2 aromatic rings. The average Bonchev–Trinajstić information content (AvgIpc) is 2.62. The monoisotopic (exact) mass is 378 g/mol. The van der Waals surface area contributed by atoms with Crippen molar-refractivity contribution < 1.29 is 18.7 Å². The number of ether oxygens (including phenoxy) is 2. The van der Waals surface area contributed by atoms with Crippen LogP contribution in [0.15, 0.2) is 46.1 Å². The molecule has 0 spiro atoms. The summed E-state index contributed by atoms with van der Waals surface area (Å²) < 4.78 is 26.1. The molecule has 2 atom stereocenters. The van der Waals surface area contributed by atoms with Gasteiger partial charge in [-0.2, -0.15) is 0 Å². The quantitative estimate of drug-likeness (QED) is 0.676. The number of aryl methyl sites for hydroxylation is 1. The lowest BCUT2D eigenvalue weighted by Gasteiger charge is -2.22. The van der Waals surface area contributed by atoms with E-state index in [9.17, 15) is 18.8 Å². The van der Waals surface area contributed by atoms with Crippen molar-refractivity contribution in [2.45, 2.75) is 45.7 Å². The van der Waals surface area contributed by atoms with E-state index in [1.807, 2.05) is 30.3 Å². The number of benzene rings is 1. The third kappa shape index (κ3) is 6.49. The first-order valence-corrected chi connectivity index (χ1v) is 8.62. The highest BCUT2D eigenvalue weighted by Gasteiger charge is 2.20. The molecule has 0 saturated heterocycles. The Morgan fingerprint density at radius 3 is 2.63 bits per heavy atom. The maximum Gasteiger partial charge on any atom is 0.330 e. The molecule has 0 saturated carbocycles. The number of halogens is 1. The molecule has 1 N–H and O–H groups in total. The highest BCUT2D eigenvalue weighted by atomic mass is 19.1. The van der Waals surface area contributed by atoms with Crippen molar-refractivity contribution in [1.29, 1.82) is 0 Å². The Morgan fingerprint density at radius 1 is 1.26 bits per heavy atom. The normalized spacial score (nSPS) is 13.1. The second kappa shape index (κ2) is 9.82. The van der Waals surface area contributed by atoms with Gasteiger partial charge in [-0.3, -0.25) is 19.1 Å². The molecule has 0 radical (unpaired) electrons. The van der Waals surface area contributed by atoms with Gasteiger partial charge in [0.2, 0.25) is 0 Å². The van der Waals surface area contributed by atoms with Gasteiger partial charge in [-0.25, -0.2) is 9.18 Å². The number of aromatic amines is 1. The maximum atomic E-state index is 14.4. The first-order chi connectivity index (χ1) is 12.9. The van der Waals surface area contributed by atoms with Crippen LogP contribution in [0.4, 0.5) is 4.39 Å². The van der Waals surface area contributed by atoms with Crippen LogP contribution in [0.1, 0.15) is 37.1 Å². The summed E-state index contributed by atoms with van der Waals surface area (Å²) >= 11 is 0. The van der Waals surface area contributed by atoms with Gasteiger partial charge in [-0.1, -0.05) is 30.3 Å². The van der Waals surface area contributed by atoms with Gasteiger partial charge in [0.1, 0.15) is 12.4 Å². The second-order valence-electron chi connectivity index (χ2n) is 6.19. The standard InChI is InChI=1S/C19H23FN2O5/c1-13-11-22(19(25)21-18(13)24)17(10-16(20)8-9-26-14(2)23)27-12-15-6-4-3-5-7-15/h3-7,11,16-17H,8-10,12H2,1-2H3,(H,21,24,25). The topological polar surface area (TPSA) is 90.4 Å². The second-order valence-corrected chi connectivity index (χ2v) is 6.19. The van der Waals surface area contributed by atoms with E-state index in [2.05, 4.69) is 4.98 Å². The summed E-state index contributed by atoms with van der Waals surface area (Å²) in [5, 5.41) is 0. The highest BCUT2D eigenvalue weighted by molar-refractivity contribution is 5.65. The van der Waals surface area contributed by atoms with Crippen molar-refractivity contribution in [3.8, 4) is 0 Å². The summed E-state index contributed by atoms with van der Waals surface area (Å²) in [6.45, 7) is 2.92. The van der Waals surface area contributed by atoms with Gasteiger partial charge in [-0.05, 0) is 12.5 Å². The zero-order chi connectivity index (χ0) is 19.8. The number of carbonyl (C=O) groups is 1. The lowest BCUT2D eigenvalue weighted by atomic mass is 10.2. The smallest absolute Gasteiger partial charge is 0.330 e. The lowest BCUT2D eigenvalue weighted by Crippen LogP contribution is -2.35. The molecule has 0 aliphatic rings. The van der Waals surface area contributed by atoms with Gasteiger partial charge in [0.25, 0.3) is 5.56 Å². The third-order valence-corrected chi connectivity index (χ3v) is 3.94. The SMILES string of the molecule is CC(=O)OCCC(F)CC(OCc1ccccc1)n1cc(C)c(=O)[nH]c1=O. The number of rotatable bonds is 9. The van der Waals surface area contributed by atoms with E-state index in [-0.39, 0.29) is 26.1 Å². The molecule has 0 aliphatic heterocycles. The van der Waals surface area contributed by atoms with Crippen LogP contribution in [-0.4, -0.2) is 28.3 Å². The Labute approximate surface area is 155 Å². The van der Waals surface area contributed by atoms with Crippen molar-refractivity contribution >= 4 is 5.97 Å². The molecule has 2 rings (SSSR count). The first kappa shape index (κ1) is 20.6. The van der Waals surface area contributed by atoms with Crippen molar-refractivity contribution in [2.75, 3.05) is 6.61 Å². The summed E-state index contributed by atoms with van der Waals surface area (Å²) in [6, 6.07) is 9.27. The molecule has 1 heterocycles. The molecule has 0 aliphatic carbocycles. The van der Waals surface area contributed by atoms with Gasteiger partial charge < -0.3 is 9.47 Å². The van der Waals surface area contributed by atoms with Crippen LogP contribution < -0.4 is 11.2 Å². The summed E-state index contributed by atoms with van der Waals surface area (Å²) in [7, 11) is 0. The molecule has 1 aromatic carbocycles. The molecule has 1 aromatic heterocycles. The fraction of sp³-hybridized carbons (Fsp3) is 0.421. The van der Waals surface area contributed by atoms with Crippen LogP contribution in [0.5, 0.6) is 0 Å². The van der Waals surface area contributed by atoms with Crippen LogP contribution >= 0.6 is 0 Å². The fourth-order valence-electron chi connectivity index (χ4n) is 2.50. The number of esters is 1. The largest absolute Gasteiger partial charge is 0.466 e. The fourth-order valence-corrected chi connectivity index (χ4v) is 2.50. The summed E-state index contributed by atoms with van der Waals surface area (Å²) in [4.78, 5) is 36.7. The van der Waals surface area contributed by atoms with Gasteiger partial charge >= 0.3 is 11.7 Å². The van der Waals surface area contributed by atoms with Crippen molar-refractivity contribution in [1.82, 2.24) is 9.55 Å². The van der Waals surface area contributed by atoms with Gasteiger partial charge in [-0.15, -0.1) is 0 Å². The number of H-pyrrole nitrogens is 1. The van der Waals surface area contributed by atoms with Crippen LogP contribution in [0.2, 0.25) is 0 Å². The molecule has 8 heteroatoms. The van der Waals surface area contributed by atoms with E-state index in [1.54, 1.807) is 6.92 Å². The van der Waals surface area contributed by atoms with Crippen LogP contribution in [0, 0.1) is 6.92 Å². The van der Waals surface area contributed by atoms with Crippen LogP contribution in [0.25, 0.3) is 0 Å². The van der Waals surface area contributed by atoms with Gasteiger partial charge in [0.15, 0.2) is 0 Å². The molecule has 0 amide bonds. The molecular formula is C19H23FN2O5. The molecule has 0 fully saturated rings. The molecular weight excluding hydrogens is 355 g/mol. The summed E-state index contributed by atoms with van der Waals surface area (Å²) in [5.41, 5.74) is 0.0193. The molecule has 0 bridgehead atoms. The lowest BCUT2D eigenvalue weighted by molar-refractivity contribution is -0.141. The number of carbonyl (C=O) groups excluding carboxylic acids is 1. The van der Waals surface area contributed by atoms with E-state index in [0.717, 1.165) is 5.56 Å². The number of alkyl halides is 1. The average molecular weight is 378 g/mol. The Hall–Kier alpha value is -2.74. The van der Waals surface area contributed by atoms with Crippen molar-refractivity contribution in [3.05, 3.63) is 68.5 Å². The molecule has 27 heavy (non-hydrogen) atoms. The van der Waals surface area contributed by atoms with E-state index in [4.69, 9.17) is 9.47 Å². The number of hydrogen-bond donors (Lipinski definition) is 1. The molecule has 7 nitrogen and oxygen atoms in total. The molecule has 146 valence electrons. The Balaban J connectivity index is 2.15. The molecule has 2 unspecified atom stereocenters. The van der Waals surface area contributed by atoms with Crippen molar-refractivity contribution in [3.63, 3.8) is 0 Å².